The summed E-state index contributed by atoms with van der Waals surface area (Å²) in [6, 6.07) is 8.10. The molecular formula is C14H13ClN4O2S. The highest BCUT2D eigenvalue weighted by molar-refractivity contribution is 7.80. The first-order valence-corrected chi connectivity index (χ1v) is 7.15. The lowest BCUT2D eigenvalue weighted by atomic mass is 10.0. The summed E-state index contributed by atoms with van der Waals surface area (Å²) in [7, 11) is 0. The molecule has 0 bridgehead atoms. The van der Waals surface area contributed by atoms with Gasteiger partial charge in [-0.3, -0.25) is 4.79 Å². The smallest absolute Gasteiger partial charge is 0.305 e. The van der Waals surface area contributed by atoms with E-state index in [0.717, 1.165) is 5.56 Å². The van der Waals surface area contributed by atoms with Crippen molar-refractivity contribution in [2.75, 3.05) is 5.32 Å². The van der Waals surface area contributed by atoms with Gasteiger partial charge in [0.05, 0.1) is 12.5 Å². The van der Waals surface area contributed by atoms with Crippen LogP contribution in [0.1, 0.15) is 18.0 Å². The third kappa shape index (κ3) is 4.94. The normalized spacial score (nSPS) is 11.5. The summed E-state index contributed by atoms with van der Waals surface area (Å²) in [6.07, 6.45) is 3.02. The van der Waals surface area contributed by atoms with Gasteiger partial charge in [-0.2, -0.15) is 0 Å². The number of carbonyl (C=O) groups is 1. The van der Waals surface area contributed by atoms with Crippen molar-refractivity contribution in [3.8, 4) is 0 Å². The van der Waals surface area contributed by atoms with Crippen LogP contribution < -0.4 is 10.6 Å². The van der Waals surface area contributed by atoms with Crippen LogP contribution in [0.25, 0.3) is 0 Å². The molecule has 0 unspecified atom stereocenters. The number of carboxylic acid groups (broad SMARTS) is 1. The fraction of sp³-hybridized carbons (Fsp3) is 0.143. The molecule has 0 fully saturated rings. The molecule has 3 N–H and O–H groups in total. The lowest BCUT2D eigenvalue weighted by Gasteiger charge is -2.19. The van der Waals surface area contributed by atoms with Crippen LogP contribution >= 0.6 is 23.8 Å². The molecule has 1 atom stereocenters. The Kier molecular flexibility index (Phi) is 5.62. The standard InChI is InChI=1S/C14H13ClN4O2S/c15-10-4-2-9(3-5-10)11(8-12(20)21)18-14(22)19-13-16-6-1-7-17-13/h1-7,11H,8H2,(H,20,21)(H2,16,17,18,19,22)/t11-/m1/s1. The summed E-state index contributed by atoms with van der Waals surface area (Å²) in [6.45, 7) is 0. The summed E-state index contributed by atoms with van der Waals surface area (Å²) in [4.78, 5) is 19.0. The van der Waals surface area contributed by atoms with Gasteiger partial charge < -0.3 is 15.7 Å². The number of hydrogen-bond donors (Lipinski definition) is 3. The topological polar surface area (TPSA) is 87.1 Å². The van der Waals surface area contributed by atoms with Crippen molar-refractivity contribution in [1.82, 2.24) is 15.3 Å². The largest absolute Gasteiger partial charge is 0.481 e. The molecule has 0 spiro atoms. The fourth-order valence-electron chi connectivity index (χ4n) is 1.78. The van der Waals surface area contributed by atoms with Crippen molar-refractivity contribution < 1.29 is 9.90 Å². The lowest BCUT2D eigenvalue weighted by molar-refractivity contribution is -0.137. The number of aliphatic carboxylic acids is 1. The minimum atomic E-state index is -0.939. The molecular weight excluding hydrogens is 324 g/mol. The molecule has 22 heavy (non-hydrogen) atoms. The van der Waals surface area contributed by atoms with Crippen LogP contribution in [-0.2, 0) is 4.79 Å². The van der Waals surface area contributed by atoms with Gasteiger partial charge in [-0.25, -0.2) is 9.97 Å². The lowest BCUT2D eigenvalue weighted by Crippen LogP contribution is -2.34. The van der Waals surface area contributed by atoms with Crippen LogP contribution in [0, 0.1) is 0 Å². The summed E-state index contributed by atoms with van der Waals surface area (Å²) in [5, 5.41) is 15.6. The Hall–Kier alpha value is -2.25. The van der Waals surface area contributed by atoms with Gasteiger partial charge in [0.1, 0.15) is 0 Å². The molecule has 0 saturated heterocycles. The number of rotatable bonds is 5. The molecule has 2 aromatic rings. The molecule has 2 rings (SSSR count). The summed E-state index contributed by atoms with van der Waals surface area (Å²) in [5.74, 6) is -0.601. The fourth-order valence-corrected chi connectivity index (χ4v) is 2.14. The third-order valence-electron chi connectivity index (χ3n) is 2.75. The molecule has 0 saturated carbocycles. The van der Waals surface area contributed by atoms with Crippen LogP contribution in [0.15, 0.2) is 42.7 Å². The first-order chi connectivity index (χ1) is 10.5. The molecule has 0 aliphatic carbocycles. The maximum Gasteiger partial charge on any atom is 0.305 e. The van der Waals surface area contributed by atoms with Gasteiger partial charge in [-0.1, -0.05) is 23.7 Å². The molecule has 6 nitrogen and oxygen atoms in total. The van der Waals surface area contributed by atoms with Crippen LogP contribution in [0.3, 0.4) is 0 Å². The number of benzene rings is 1. The minimum absolute atomic E-state index is 0.126. The number of nitrogens with zero attached hydrogens (tertiary/aromatic N) is 2. The second-order valence-electron chi connectivity index (χ2n) is 4.37. The van der Waals surface area contributed by atoms with Crippen molar-refractivity contribution in [3.05, 3.63) is 53.3 Å². The molecule has 0 aliphatic rings. The van der Waals surface area contributed by atoms with Crippen LogP contribution in [0.5, 0.6) is 0 Å². The van der Waals surface area contributed by atoms with E-state index in [1.54, 1.807) is 42.7 Å². The Balaban J connectivity index is 2.07. The van der Waals surface area contributed by atoms with Crippen molar-refractivity contribution in [3.63, 3.8) is 0 Å². The summed E-state index contributed by atoms with van der Waals surface area (Å²) < 4.78 is 0. The Morgan fingerprint density at radius 1 is 1.27 bits per heavy atom. The average molecular weight is 337 g/mol. The highest BCUT2D eigenvalue weighted by Gasteiger charge is 2.17. The van der Waals surface area contributed by atoms with Crippen molar-refractivity contribution >= 4 is 40.8 Å². The molecule has 8 heteroatoms. The van der Waals surface area contributed by atoms with Crippen LogP contribution in [0.4, 0.5) is 5.95 Å². The van der Waals surface area contributed by atoms with E-state index in [1.165, 1.54) is 0 Å². The van der Waals surface area contributed by atoms with Gasteiger partial charge in [-0.05, 0) is 36.0 Å². The molecule has 1 aromatic heterocycles. The van der Waals surface area contributed by atoms with Gasteiger partial charge in [0.2, 0.25) is 5.95 Å². The van der Waals surface area contributed by atoms with E-state index >= 15 is 0 Å². The Morgan fingerprint density at radius 3 is 2.50 bits per heavy atom. The van der Waals surface area contributed by atoms with Gasteiger partial charge >= 0.3 is 5.97 Å². The molecule has 0 amide bonds. The number of anilines is 1. The Bertz CT molecular complexity index is 652. The zero-order valence-corrected chi connectivity index (χ0v) is 12.9. The second-order valence-corrected chi connectivity index (χ2v) is 5.22. The quantitative estimate of drug-likeness (QED) is 0.723. The number of carboxylic acids is 1. The first kappa shape index (κ1) is 16.1. The first-order valence-electron chi connectivity index (χ1n) is 6.36. The Morgan fingerprint density at radius 2 is 1.91 bits per heavy atom. The molecule has 114 valence electrons. The van der Waals surface area contributed by atoms with Gasteiger partial charge in [-0.15, -0.1) is 0 Å². The zero-order valence-electron chi connectivity index (χ0n) is 11.4. The van der Waals surface area contributed by atoms with E-state index in [1.807, 2.05) is 0 Å². The van der Waals surface area contributed by atoms with E-state index < -0.39 is 12.0 Å². The third-order valence-corrected chi connectivity index (χ3v) is 3.22. The summed E-state index contributed by atoms with van der Waals surface area (Å²) >= 11 is 11.0. The van der Waals surface area contributed by atoms with E-state index in [-0.39, 0.29) is 11.5 Å². The van der Waals surface area contributed by atoms with E-state index in [4.69, 9.17) is 28.9 Å². The number of aromatic nitrogens is 2. The predicted molar refractivity (Wildman–Crippen MR) is 87.8 cm³/mol. The van der Waals surface area contributed by atoms with Gasteiger partial charge in [0, 0.05) is 17.4 Å². The molecule has 1 aromatic carbocycles. The van der Waals surface area contributed by atoms with Gasteiger partial charge in [0.15, 0.2) is 5.11 Å². The SMILES string of the molecule is O=C(O)C[C@@H](NC(=S)Nc1ncccn1)c1ccc(Cl)cc1. The summed E-state index contributed by atoms with van der Waals surface area (Å²) in [5.41, 5.74) is 0.768. The predicted octanol–water partition coefficient (Wildman–Crippen LogP) is 2.63. The van der Waals surface area contributed by atoms with Crippen molar-refractivity contribution in [2.24, 2.45) is 0 Å². The van der Waals surface area contributed by atoms with E-state index in [9.17, 15) is 4.79 Å². The number of halogens is 1. The highest BCUT2D eigenvalue weighted by Crippen LogP contribution is 2.19. The monoisotopic (exact) mass is 336 g/mol. The van der Waals surface area contributed by atoms with Crippen LogP contribution in [0.2, 0.25) is 5.02 Å². The average Bonchev–Trinajstić information content (AvgIpc) is 2.48. The number of thiocarbonyl (C=S) groups is 1. The number of nitrogens with one attached hydrogen (secondary N) is 2. The Labute approximate surface area is 137 Å². The zero-order chi connectivity index (χ0) is 15.9. The maximum atomic E-state index is 11.0. The van der Waals surface area contributed by atoms with Crippen LogP contribution in [-0.4, -0.2) is 26.2 Å². The molecule has 1 heterocycles. The minimum Gasteiger partial charge on any atom is -0.481 e. The second kappa shape index (κ2) is 7.67. The van der Waals surface area contributed by atoms with E-state index in [0.29, 0.717) is 11.0 Å². The van der Waals surface area contributed by atoms with Crippen molar-refractivity contribution in [1.29, 1.82) is 0 Å². The maximum absolute atomic E-state index is 11.0. The van der Waals surface area contributed by atoms with Crippen molar-refractivity contribution in [2.45, 2.75) is 12.5 Å². The van der Waals surface area contributed by atoms with E-state index in [2.05, 4.69) is 20.6 Å². The molecule has 0 aliphatic heterocycles. The molecule has 0 radical (unpaired) electrons. The van der Waals surface area contributed by atoms with Gasteiger partial charge in [0.25, 0.3) is 0 Å². The highest BCUT2D eigenvalue weighted by atomic mass is 35.5. The number of hydrogen-bond acceptors (Lipinski definition) is 4.